The van der Waals surface area contributed by atoms with Gasteiger partial charge in [-0.25, -0.2) is 4.98 Å². The van der Waals surface area contributed by atoms with Crippen LogP contribution in [0.5, 0.6) is 5.75 Å². The zero-order valence-electron chi connectivity index (χ0n) is 17.2. The van der Waals surface area contributed by atoms with E-state index in [1.54, 1.807) is 18.2 Å². The Kier molecular flexibility index (Phi) is 6.59. The maximum Gasteiger partial charge on any atom is 0.573 e. The third kappa shape index (κ3) is 7.03. The van der Waals surface area contributed by atoms with E-state index in [9.17, 15) is 13.2 Å². The average Bonchev–Trinajstić information content (AvgIpc) is 2.65. The van der Waals surface area contributed by atoms with Gasteiger partial charge in [-0.15, -0.1) is 13.2 Å². The summed E-state index contributed by atoms with van der Waals surface area (Å²) in [6.45, 7) is 6.29. The summed E-state index contributed by atoms with van der Waals surface area (Å²) >= 11 is 6.22. The van der Waals surface area contributed by atoms with Crippen molar-refractivity contribution in [1.82, 2.24) is 9.97 Å². The van der Waals surface area contributed by atoms with E-state index in [1.807, 2.05) is 39.0 Å². The first kappa shape index (κ1) is 22.7. The van der Waals surface area contributed by atoms with Crippen molar-refractivity contribution in [3.05, 3.63) is 65.2 Å². The van der Waals surface area contributed by atoms with Gasteiger partial charge >= 0.3 is 6.36 Å². The molecule has 0 unspecified atom stereocenters. The standard InChI is InChI=1S/C22H22ClF3N4O/c1-21(2,3)30-20-28-18(14-8-6-9-16(11-14)31-22(24,25)26)12-19(29-20)27-13-15-7-4-5-10-17(15)23/h4-12H,13H2,1-3H3,(H2,27,28,29,30). The van der Waals surface area contributed by atoms with E-state index >= 15 is 0 Å². The van der Waals surface area contributed by atoms with Crippen LogP contribution in [0.3, 0.4) is 0 Å². The number of hydrogen-bond acceptors (Lipinski definition) is 5. The molecule has 1 heterocycles. The third-order valence-electron chi connectivity index (χ3n) is 3.99. The van der Waals surface area contributed by atoms with Crippen LogP contribution in [0.1, 0.15) is 26.3 Å². The molecule has 164 valence electrons. The van der Waals surface area contributed by atoms with Crippen molar-refractivity contribution < 1.29 is 17.9 Å². The second-order valence-electron chi connectivity index (χ2n) is 7.86. The molecule has 0 bridgehead atoms. The van der Waals surface area contributed by atoms with Crippen molar-refractivity contribution in [1.29, 1.82) is 0 Å². The van der Waals surface area contributed by atoms with E-state index in [2.05, 4.69) is 25.3 Å². The van der Waals surface area contributed by atoms with Crippen molar-refractivity contribution in [2.45, 2.75) is 39.2 Å². The molecule has 0 atom stereocenters. The number of halogens is 4. The first-order valence-corrected chi connectivity index (χ1v) is 9.87. The van der Waals surface area contributed by atoms with E-state index in [0.717, 1.165) is 5.56 Å². The summed E-state index contributed by atoms with van der Waals surface area (Å²) in [5.74, 6) is 0.520. The number of alkyl halides is 3. The van der Waals surface area contributed by atoms with Crippen molar-refractivity contribution in [3.63, 3.8) is 0 Å². The Labute approximate surface area is 183 Å². The highest BCUT2D eigenvalue weighted by atomic mass is 35.5. The van der Waals surface area contributed by atoms with E-state index in [1.165, 1.54) is 18.2 Å². The molecule has 0 aliphatic carbocycles. The van der Waals surface area contributed by atoms with Gasteiger partial charge in [0.2, 0.25) is 5.95 Å². The topological polar surface area (TPSA) is 59.1 Å². The normalized spacial score (nSPS) is 11.8. The Morgan fingerprint density at radius 2 is 1.71 bits per heavy atom. The second kappa shape index (κ2) is 9.01. The molecule has 0 saturated heterocycles. The summed E-state index contributed by atoms with van der Waals surface area (Å²) < 4.78 is 41.8. The highest BCUT2D eigenvalue weighted by Crippen LogP contribution is 2.29. The molecule has 0 aliphatic rings. The molecule has 3 rings (SSSR count). The lowest BCUT2D eigenvalue weighted by Gasteiger charge is -2.21. The number of ether oxygens (including phenoxy) is 1. The summed E-state index contributed by atoms with van der Waals surface area (Å²) in [6, 6.07) is 14.7. The van der Waals surface area contributed by atoms with Crippen LogP contribution in [0.15, 0.2) is 54.6 Å². The molecular weight excluding hydrogens is 429 g/mol. The summed E-state index contributed by atoms with van der Waals surface area (Å²) in [4.78, 5) is 8.96. The fraction of sp³-hybridized carbons (Fsp3) is 0.273. The van der Waals surface area contributed by atoms with E-state index < -0.39 is 6.36 Å². The van der Waals surface area contributed by atoms with Gasteiger partial charge in [-0.2, -0.15) is 4.98 Å². The summed E-state index contributed by atoms with van der Waals surface area (Å²) in [5, 5.41) is 7.02. The van der Waals surface area contributed by atoms with Crippen LogP contribution in [0.2, 0.25) is 5.02 Å². The predicted octanol–water partition coefficient (Wildman–Crippen LogP) is 6.52. The Balaban J connectivity index is 1.94. The van der Waals surface area contributed by atoms with Gasteiger partial charge in [-0.1, -0.05) is 41.9 Å². The Bertz CT molecular complexity index is 1050. The Morgan fingerprint density at radius 1 is 0.968 bits per heavy atom. The van der Waals surface area contributed by atoms with Crippen LogP contribution >= 0.6 is 11.6 Å². The van der Waals surface area contributed by atoms with Gasteiger partial charge in [-0.05, 0) is 44.5 Å². The number of nitrogens with zero attached hydrogens (tertiary/aromatic N) is 2. The van der Waals surface area contributed by atoms with Gasteiger partial charge < -0.3 is 15.4 Å². The van der Waals surface area contributed by atoms with Gasteiger partial charge in [-0.3, -0.25) is 0 Å². The van der Waals surface area contributed by atoms with E-state index in [-0.39, 0.29) is 11.3 Å². The van der Waals surface area contributed by atoms with Crippen LogP contribution in [-0.2, 0) is 6.54 Å². The highest BCUT2D eigenvalue weighted by molar-refractivity contribution is 6.31. The van der Waals surface area contributed by atoms with Crippen molar-refractivity contribution in [3.8, 4) is 17.0 Å². The van der Waals surface area contributed by atoms with Gasteiger partial charge in [0, 0.05) is 28.7 Å². The molecule has 3 aromatic rings. The molecule has 2 N–H and O–H groups in total. The van der Waals surface area contributed by atoms with Crippen LogP contribution in [0.4, 0.5) is 24.9 Å². The van der Waals surface area contributed by atoms with Gasteiger partial charge in [0.1, 0.15) is 11.6 Å². The minimum absolute atomic E-state index is 0.320. The number of aromatic nitrogens is 2. The van der Waals surface area contributed by atoms with Crippen LogP contribution < -0.4 is 15.4 Å². The molecule has 31 heavy (non-hydrogen) atoms. The molecule has 9 heteroatoms. The smallest absolute Gasteiger partial charge is 0.406 e. The maximum atomic E-state index is 12.6. The first-order valence-electron chi connectivity index (χ1n) is 9.49. The largest absolute Gasteiger partial charge is 0.573 e. The van der Waals surface area contributed by atoms with Crippen molar-refractivity contribution in [2.24, 2.45) is 0 Å². The van der Waals surface area contributed by atoms with E-state index in [0.29, 0.717) is 34.6 Å². The van der Waals surface area contributed by atoms with Crippen LogP contribution in [-0.4, -0.2) is 21.9 Å². The number of rotatable bonds is 6. The molecule has 0 aliphatic heterocycles. The number of hydrogen-bond donors (Lipinski definition) is 2. The molecular formula is C22H22ClF3N4O. The molecule has 0 spiro atoms. The quantitative estimate of drug-likeness (QED) is 0.447. The monoisotopic (exact) mass is 450 g/mol. The fourth-order valence-electron chi connectivity index (χ4n) is 2.76. The zero-order chi connectivity index (χ0) is 22.6. The SMILES string of the molecule is CC(C)(C)Nc1nc(NCc2ccccc2Cl)cc(-c2cccc(OC(F)(F)F)c2)n1. The van der Waals surface area contributed by atoms with Crippen LogP contribution in [0, 0.1) is 0 Å². The molecule has 0 radical (unpaired) electrons. The summed E-state index contributed by atoms with van der Waals surface area (Å²) in [5.41, 5.74) is 1.47. The summed E-state index contributed by atoms with van der Waals surface area (Å²) in [7, 11) is 0. The molecule has 2 aromatic carbocycles. The van der Waals surface area contributed by atoms with Gasteiger partial charge in [0.25, 0.3) is 0 Å². The van der Waals surface area contributed by atoms with E-state index in [4.69, 9.17) is 11.6 Å². The maximum absolute atomic E-state index is 12.6. The fourth-order valence-corrected chi connectivity index (χ4v) is 2.96. The van der Waals surface area contributed by atoms with Crippen molar-refractivity contribution in [2.75, 3.05) is 10.6 Å². The Hall–Kier alpha value is -3.00. The number of anilines is 2. The third-order valence-corrected chi connectivity index (χ3v) is 4.36. The molecule has 0 saturated carbocycles. The molecule has 0 amide bonds. The highest BCUT2D eigenvalue weighted by Gasteiger charge is 2.31. The van der Waals surface area contributed by atoms with Crippen molar-refractivity contribution >= 4 is 23.4 Å². The minimum Gasteiger partial charge on any atom is -0.406 e. The molecule has 1 aromatic heterocycles. The first-order chi connectivity index (χ1) is 14.5. The summed E-state index contributed by atoms with van der Waals surface area (Å²) in [6.07, 6.45) is -4.77. The van der Waals surface area contributed by atoms with Gasteiger partial charge in [0.05, 0.1) is 5.69 Å². The van der Waals surface area contributed by atoms with Gasteiger partial charge in [0.15, 0.2) is 0 Å². The second-order valence-corrected chi connectivity index (χ2v) is 8.26. The Morgan fingerprint density at radius 3 is 2.39 bits per heavy atom. The molecule has 5 nitrogen and oxygen atoms in total. The predicted molar refractivity (Wildman–Crippen MR) is 116 cm³/mol. The lowest BCUT2D eigenvalue weighted by molar-refractivity contribution is -0.274. The number of benzene rings is 2. The number of nitrogens with one attached hydrogen (secondary N) is 2. The molecule has 0 fully saturated rings. The zero-order valence-corrected chi connectivity index (χ0v) is 18.0. The lowest BCUT2D eigenvalue weighted by atomic mass is 10.1. The minimum atomic E-state index is -4.77. The average molecular weight is 451 g/mol. The lowest BCUT2D eigenvalue weighted by Crippen LogP contribution is -2.27. The van der Waals surface area contributed by atoms with Crippen LogP contribution in [0.25, 0.3) is 11.3 Å².